The van der Waals surface area contributed by atoms with Crippen LogP contribution in [-0.4, -0.2) is 48.9 Å². The summed E-state index contributed by atoms with van der Waals surface area (Å²) in [6.07, 6.45) is 3.04. The lowest BCUT2D eigenvalue weighted by molar-refractivity contribution is -0.145. The summed E-state index contributed by atoms with van der Waals surface area (Å²) in [6.45, 7) is 0.625. The molecular weight excluding hydrogens is 312 g/mol. The van der Waals surface area contributed by atoms with E-state index < -0.39 is 5.97 Å². The molecule has 7 heteroatoms. The summed E-state index contributed by atoms with van der Waals surface area (Å²) < 4.78 is 10.7. The minimum absolute atomic E-state index is 0.0340. The molecule has 1 aromatic rings. The van der Waals surface area contributed by atoms with Crippen LogP contribution in [0.5, 0.6) is 5.75 Å². The van der Waals surface area contributed by atoms with Gasteiger partial charge < -0.3 is 25.6 Å². The van der Waals surface area contributed by atoms with Crippen LogP contribution in [-0.2, 0) is 9.53 Å². The van der Waals surface area contributed by atoms with Gasteiger partial charge in [0.15, 0.2) is 0 Å². The van der Waals surface area contributed by atoms with Crippen molar-refractivity contribution < 1.29 is 24.2 Å². The van der Waals surface area contributed by atoms with Crippen LogP contribution in [0.25, 0.3) is 0 Å². The van der Waals surface area contributed by atoms with Crippen molar-refractivity contribution in [2.45, 2.75) is 37.8 Å². The molecule has 0 saturated heterocycles. The van der Waals surface area contributed by atoms with Gasteiger partial charge in [-0.15, -0.1) is 0 Å². The molecule has 2 rings (SSSR count). The third-order valence-electron chi connectivity index (χ3n) is 3.96. The molecule has 0 aromatic heterocycles. The average molecular weight is 336 g/mol. The summed E-state index contributed by atoms with van der Waals surface area (Å²) in [5.41, 5.74) is 5.96. The van der Waals surface area contributed by atoms with Gasteiger partial charge in [0.2, 0.25) is 0 Å². The molecule has 0 bridgehead atoms. The van der Waals surface area contributed by atoms with Crippen LogP contribution >= 0.6 is 0 Å². The van der Waals surface area contributed by atoms with Gasteiger partial charge in [-0.2, -0.15) is 0 Å². The third kappa shape index (κ3) is 5.82. The Bertz CT molecular complexity index is 538. The Morgan fingerprint density at radius 1 is 1.17 bits per heavy atom. The van der Waals surface area contributed by atoms with Crippen LogP contribution in [0.3, 0.4) is 0 Å². The van der Waals surface area contributed by atoms with Crippen molar-refractivity contribution in [3.05, 3.63) is 29.8 Å². The first-order valence-electron chi connectivity index (χ1n) is 8.15. The highest BCUT2D eigenvalue weighted by atomic mass is 16.5. The molecule has 0 atom stereocenters. The van der Waals surface area contributed by atoms with Crippen LogP contribution in [0.15, 0.2) is 24.3 Å². The molecule has 4 N–H and O–H groups in total. The SMILES string of the molecule is NCCOc1ccc(C(=O)NC2CCC(OCC(=O)O)CC2)cc1. The Labute approximate surface area is 141 Å². The van der Waals surface area contributed by atoms with Crippen molar-refractivity contribution in [1.82, 2.24) is 5.32 Å². The number of aliphatic carboxylic acids is 1. The van der Waals surface area contributed by atoms with Gasteiger partial charge >= 0.3 is 5.97 Å². The van der Waals surface area contributed by atoms with E-state index >= 15 is 0 Å². The van der Waals surface area contributed by atoms with Crippen LogP contribution in [0, 0.1) is 0 Å². The first-order valence-corrected chi connectivity index (χ1v) is 8.15. The van der Waals surface area contributed by atoms with Gasteiger partial charge in [0, 0.05) is 18.2 Å². The predicted molar refractivity (Wildman–Crippen MR) is 88.1 cm³/mol. The number of hydrogen-bond acceptors (Lipinski definition) is 5. The van der Waals surface area contributed by atoms with Crippen molar-refractivity contribution in [1.29, 1.82) is 0 Å². The molecule has 132 valence electrons. The first kappa shape index (κ1) is 18.2. The highest BCUT2D eigenvalue weighted by Gasteiger charge is 2.23. The van der Waals surface area contributed by atoms with Gasteiger partial charge in [0.25, 0.3) is 5.91 Å². The van der Waals surface area contributed by atoms with E-state index in [-0.39, 0.29) is 24.7 Å². The Balaban J connectivity index is 1.75. The van der Waals surface area contributed by atoms with E-state index in [0.29, 0.717) is 24.5 Å². The van der Waals surface area contributed by atoms with E-state index in [1.807, 2.05) is 0 Å². The van der Waals surface area contributed by atoms with Crippen molar-refractivity contribution in [3.63, 3.8) is 0 Å². The lowest BCUT2D eigenvalue weighted by Gasteiger charge is -2.28. The maximum absolute atomic E-state index is 12.3. The van der Waals surface area contributed by atoms with Gasteiger partial charge in [-0.3, -0.25) is 4.79 Å². The van der Waals surface area contributed by atoms with Gasteiger partial charge in [-0.1, -0.05) is 0 Å². The Hall–Kier alpha value is -2.12. The standard InChI is InChI=1S/C17H24N2O5/c18-9-10-23-14-5-1-12(2-6-14)17(22)19-13-3-7-15(8-4-13)24-11-16(20)21/h1-2,5-6,13,15H,3-4,7-11,18H2,(H,19,22)(H,20,21). The summed E-state index contributed by atoms with van der Waals surface area (Å²) in [5, 5.41) is 11.6. The van der Waals surface area contributed by atoms with Gasteiger partial charge in [-0.25, -0.2) is 4.79 Å². The number of carboxylic acid groups (broad SMARTS) is 1. The fourth-order valence-corrected chi connectivity index (χ4v) is 2.71. The molecule has 0 aliphatic heterocycles. The Morgan fingerprint density at radius 3 is 2.42 bits per heavy atom. The zero-order chi connectivity index (χ0) is 17.4. The molecule has 1 amide bonds. The Kier molecular flexibility index (Phi) is 7.02. The van der Waals surface area contributed by atoms with Crippen LogP contribution < -0.4 is 15.8 Å². The molecule has 0 unspecified atom stereocenters. The summed E-state index contributed by atoms with van der Waals surface area (Å²) >= 11 is 0. The molecular formula is C17H24N2O5. The molecule has 1 aliphatic carbocycles. The number of rotatable bonds is 8. The topological polar surface area (TPSA) is 111 Å². The molecule has 0 spiro atoms. The van der Waals surface area contributed by atoms with Crippen LogP contribution in [0.2, 0.25) is 0 Å². The number of carbonyl (C=O) groups excluding carboxylic acids is 1. The number of ether oxygens (including phenoxy) is 2. The van der Waals surface area contributed by atoms with Crippen LogP contribution in [0.4, 0.5) is 0 Å². The second-order valence-electron chi connectivity index (χ2n) is 5.81. The van der Waals surface area contributed by atoms with E-state index in [2.05, 4.69) is 5.32 Å². The molecule has 1 fully saturated rings. The fourth-order valence-electron chi connectivity index (χ4n) is 2.71. The maximum atomic E-state index is 12.3. The van der Waals surface area contributed by atoms with E-state index in [1.165, 1.54) is 0 Å². The zero-order valence-electron chi connectivity index (χ0n) is 13.6. The van der Waals surface area contributed by atoms with Crippen molar-refractivity contribution in [2.24, 2.45) is 5.73 Å². The van der Waals surface area contributed by atoms with E-state index in [0.717, 1.165) is 25.7 Å². The largest absolute Gasteiger partial charge is 0.492 e. The minimum Gasteiger partial charge on any atom is -0.492 e. The molecule has 0 heterocycles. The molecule has 24 heavy (non-hydrogen) atoms. The lowest BCUT2D eigenvalue weighted by Crippen LogP contribution is -2.39. The number of hydrogen-bond donors (Lipinski definition) is 3. The van der Waals surface area contributed by atoms with Gasteiger partial charge in [0.05, 0.1) is 6.10 Å². The highest BCUT2D eigenvalue weighted by Crippen LogP contribution is 2.21. The normalized spacial score (nSPS) is 20.4. The Morgan fingerprint density at radius 2 is 1.83 bits per heavy atom. The quantitative estimate of drug-likeness (QED) is 0.657. The predicted octanol–water partition coefficient (Wildman–Crippen LogP) is 1.17. The van der Waals surface area contributed by atoms with Crippen molar-refractivity contribution in [2.75, 3.05) is 19.8 Å². The van der Waals surface area contributed by atoms with Gasteiger partial charge in [0.1, 0.15) is 19.0 Å². The smallest absolute Gasteiger partial charge is 0.329 e. The second-order valence-corrected chi connectivity index (χ2v) is 5.81. The molecule has 1 aliphatic rings. The average Bonchev–Trinajstić information content (AvgIpc) is 2.59. The number of carboxylic acids is 1. The van der Waals surface area contributed by atoms with Crippen molar-refractivity contribution in [3.8, 4) is 5.75 Å². The molecule has 1 saturated carbocycles. The summed E-state index contributed by atoms with van der Waals surface area (Å²) in [7, 11) is 0. The number of benzene rings is 1. The number of amides is 1. The second kappa shape index (κ2) is 9.24. The van der Waals surface area contributed by atoms with Gasteiger partial charge in [-0.05, 0) is 49.9 Å². The lowest BCUT2D eigenvalue weighted by atomic mass is 9.92. The molecule has 0 radical (unpaired) electrons. The number of nitrogens with one attached hydrogen (secondary N) is 1. The summed E-state index contributed by atoms with van der Waals surface area (Å²) in [4.78, 5) is 22.7. The molecule has 1 aromatic carbocycles. The van der Waals surface area contributed by atoms with E-state index in [4.69, 9.17) is 20.3 Å². The van der Waals surface area contributed by atoms with Crippen LogP contribution in [0.1, 0.15) is 36.0 Å². The number of nitrogens with two attached hydrogens (primary N) is 1. The van der Waals surface area contributed by atoms with E-state index in [1.54, 1.807) is 24.3 Å². The van der Waals surface area contributed by atoms with E-state index in [9.17, 15) is 9.59 Å². The number of carbonyl (C=O) groups is 2. The molecule has 7 nitrogen and oxygen atoms in total. The zero-order valence-corrected chi connectivity index (χ0v) is 13.6. The minimum atomic E-state index is -0.954. The van der Waals surface area contributed by atoms with Crippen molar-refractivity contribution >= 4 is 11.9 Å². The summed E-state index contributed by atoms with van der Waals surface area (Å²) in [5.74, 6) is -0.382. The maximum Gasteiger partial charge on any atom is 0.329 e. The summed E-state index contributed by atoms with van der Waals surface area (Å²) in [6, 6.07) is 7.05. The first-order chi connectivity index (χ1) is 11.6. The monoisotopic (exact) mass is 336 g/mol. The fraction of sp³-hybridized carbons (Fsp3) is 0.529. The third-order valence-corrected chi connectivity index (χ3v) is 3.96. The highest BCUT2D eigenvalue weighted by molar-refractivity contribution is 5.94.